The molecular weight excluding hydrogens is 465 g/mol. The summed E-state index contributed by atoms with van der Waals surface area (Å²) >= 11 is 0. The summed E-state index contributed by atoms with van der Waals surface area (Å²) in [6.07, 6.45) is -4.72. The molecule has 0 aromatic heterocycles. The summed E-state index contributed by atoms with van der Waals surface area (Å²) in [6, 6.07) is 11.6. The molecule has 0 spiro atoms. The summed E-state index contributed by atoms with van der Waals surface area (Å²) in [5.74, 6) is -0.516. The van der Waals surface area contributed by atoms with E-state index in [1.807, 2.05) is 6.07 Å². The number of hydroxylamine groups is 1. The number of nitrogens with zero attached hydrogens (tertiary/aromatic N) is 2. The highest BCUT2D eigenvalue weighted by Crippen LogP contribution is 2.26. The number of rotatable bonds is 6. The van der Waals surface area contributed by atoms with Crippen molar-refractivity contribution < 1.29 is 36.0 Å². The number of carbonyl (C=O) groups is 1. The van der Waals surface area contributed by atoms with Crippen molar-refractivity contribution in [2.24, 2.45) is 0 Å². The Hall–Kier alpha value is -3.34. The lowest BCUT2D eigenvalue weighted by Gasteiger charge is -2.30. The van der Waals surface area contributed by atoms with E-state index in [0.717, 1.165) is 24.3 Å². The van der Waals surface area contributed by atoms with Gasteiger partial charge in [-0.2, -0.15) is 9.57 Å². The molecule has 33 heavy (non-hydrogen) atoms. The standard InChI is InChI=1S/C20H19F3N4O5S/c21-20(22,23)31-16-4-6-18(7-5-16)33(29,30)27-10-8-17(9-11-27)32-26-19(28)25-15-3-1-2-14(12-15)13-24/h1-7,12,17H,8-11H2,(H2,25,26,28). The van der Waals surface area contributed by atoms with Crippen LogP contribution in [0, 0.1) is 11.3 Å². The topological polar surface area (TPSA) is 121 Å². The molecule has 0 radical (unpaired) electrons. The van der Waals surface area contributed by atoms with Crippen LogP contribution in [0.5, 0.6) is 5.75 Å². The minimum atomic E-state index is -4.87. The summed E-state index contributed by atoms with van der Waals surface area (Å²) in [5.41, 5.74) is 3.03. The number of piperidine rings is 1. The van der Waals surface area contributed by atoms with Crippen LogP contribution in [0.4, 0.5) is 23.7 Å². The fourth-order valence-corrected chi connectivity index (χ4v) is 4.58. The lowest BCUT2D eigenvalue weighted by molar-refractivity contribution is -0.274. The second kappa shape index (κ2) is 10.1. The van der Waals surface area contributed by atoms with Gasteiger partial charge in [-0.05, 0) is 55.3 Å². The first-order valence-corrected chi connectivity index (χ1v) is 11.1. The van der Waals surface area contributed by atoms with Crippen LogP contribution in [0.15, 0.2) is 53.4 Å². The maximum absolute atomic E-state index is 12.7. The van der Waals surface area contributed by atoms with Gasteiger partial charge in [-0.1, -0.05) is 6.07 Å². The van der Waals surface area contributed by atoms with E-state index in [1.54, 1.807) is 18.2 Å². The normalized spacial score (nSPS) is 15.5. The Morgan fingerprint density at radius 3 is 2.39 bits per heavy atom. The molecule has 0 bridgehead atoms. The third-order valence-electron chi connectivity index (χ3n) is 4.66. The quantitative estimate of drug-likeness (QED) is 0.607. The predicted molar refractivity (Wildman–Crippen MR) is 109 cm³/mol. The van der Waals surface area contributed by atoms with Crippen molar-refractivity contribution >= 4 is 21.7 Å². The second-order valence-electron chi connectivity index (χ2n) is 6.99. The van der Waals surface area contributed by atoms with Crippen LogP contribution in [-0.2, 0) is 14.9 Å². The maximum Gasteiger partial charge on any atom is 0.573 e. The van der Waals surface area contributed by atoms with E-state index in [1.165, 1.54) is 10.4 Å². The number of sulfonamides is 1. The monoisotopic (exact) mass is 484 g/mol. The molecule has 2 aromatic carbocycles. The van der Waals surface area contributed by atoms with Crippen molar-refractivity contribution in [2.75, 3.05) is 18.4 Å². The molecule has 2 aromatic rings. The average Bonchev–Trinajstić information content (AvgIpc) is 2.77. The highest BCUT2D eigenvalue weighted by atomic mass is 32.2. The van der Waals surface area contributed by atoms with Crippen molar-refractivity contribution in [1.29, 1.82) is 5.26 Å². The first-order valence-electron chi connectivity index (χ1n) is 9.65. The molecular formula is C20H19F3N4O5S. The number of alkyl halides is 3. The molecule has 1 fully saturated rings. The fourth-order valence-electron chi connectivity index (χ4n) is 3.11. The smallest absolute Gasteiger partial charge is 0.406 e. The van der Waals surface area contributed by atoms with Crippen LogP contribution in [0.1, 0.15) is 18.4 Å². The van der Waals surface area contributed by atoms with Gasteiger partial charge in [0.05, 0.1) is 22.6 Å². The highest BCUT2D eigenvalue weighted by molar-refractivity contribution is 7.89. The summed E-state index contributed by atoms with van der Waals surface area (Å²) in [4.78, 5) is 17.1. The predicted octanol–water partition coefficient (Wildman–Crippen LogP) is 3.36. The molecule has 9 nitrogen and oxygen atoms in total. The van der Waals surface area contributed by atoms with Gasteiger partial charge >= 0.3 is 12.4 Å². The Labute approximate surface area is 187 Å². The van der Waals surface area contributed by atoms with Crippen molar-refractivity contribution in [3.05, 3.63) is 54.1 Å². The van der Waals surface area contributed by atoms with Gasteiger partial charge in [0.25, 0.3) is 0 Å². The molecule has 0 unspecified atom stereocenters. The third-order valence-corrected chi connectivity index (χ3v) is 6.58. The number of nitriles is 1. The van der Waals surface area contributed by atoms with E-state index >= 15 is 0 Å². The Kier molecular flexibility index (Phi) is 7.42. The molecule has 0 saturated carbocycles. The van der Waals surface area contributed by atoms with Crippen molar-refractivity contribution in [2.45, 2.75) is 30.2 Å². The Morgan fingerprint density at radius 1 is 1.12 bits per heavy atom. The molecule has 0 aliphatic carbocycles. The van der Waals surface area contributed by atoms with Crippen molar-refractivity contribution in [3.63, 3.8) is 0 Å². The van der Waals surface area contributed by atoms with Crippen LogP contribution < -0.4 is 15.5 Å². The second-order valence-corrected chi connectivity index (χ2v) is 8.93. The van der Waals surface area contributed by atoms with E-state index < -0.39 is 34.3 Å². The third kappa shape index (κ3) is 6.82. The Balaban J connectivity index is 1.48. The maximum atomic E-state index is 12.7. The van der Waals surface area contributed by atoms with E-state index in [4.69, 9.17) is 10.1 Å². The van der Waals surface area contributed by atoms with E-state index in [9.17, 15) is 26.4 Å². The average molecular weight is 484 g/mol. The van der Waals surface area contributed by atoms with Gasteiger partial charge in [-0.25, -0.2) is 18.7 Å². The number of amides is 2. The highest BCUT2D eigenvalue weighted by Gasteiger charge is 2.32. The Bertz CT molecular complexity index is 1130. The number of hydrogen-bond acceptors (Lipinski definition) is 6. The number of urea groups is 1. The van der Waals surface area contributed by atoms with Gasteiger partial charge in [-0.15, -0.1) is 13.2 Å². The zero-order valence-electron chi connectivity index (χ0n) is 17.0. The van der Waals surface area contributed by atoms with Gasteiger partial charge < -0.3 is 10.1 Å². The molecule has 2 N–H and O–H groups in total. The molecule has 3 rings (SSSR count). The van der Waals surface area contributed by atoms with Gasteiger partial charge in [-0.3, -0.25) is 4.84 Å². The lowest BCUT2D eigenvalue weighted by atomic mass is 10.1. The van der Waals surface area contributed by atoms with Crippen LogP contribution in [0.3, 0.4) is 0 Å². The zero-order valence-corrected chi connectivity index (χ0v) is 17.8. The van der Waals surface area contributed by atoms with E-state index in [2.05, 4.69) is 15.5 Å². The molecule has 13 heteroatoms. The molecule has 1 aliphatic rings. The number of carbonyl (C=O) groups excluding carboxylic acids is 1. The lowest BCUT2D eigenvalue weighted by Crippen LogP contribution is -2.43. The van der Waals surface area contributed by atoms with Crippen LogP contribution >= 0.6 is 0 Å². The number of ether oxygens (including phenoxy) is 1. The summed E-state index contributed by atoms with van der Waals surface area (Å²) in [5, 5.41) is 11.4. The molecule has 2 amide bonds. The molecule has 1 saturated heterocycles. The van der Waals surface area contributed by atoms with E-state index in [-0.39, 0.29) is 18.0 Å². The van der Waals surface area contributed by atoms with Crippen LogP contribution in [-0.4, -0.2) is 44.3 Å². The first-order chi connectivity index (χ1) is 15.6. The minimum absolute atomic E-state index is 0.0985. The van der Waals surface area contributed by atoms with Crippen LogP contribution in [0.2, 0.25) is 0 Å². The number of nitrogens with one attached hydrogen (secondary N) is 2. The van der Waals surface area contributed by atoms with Gasteiger partial charge in [0, 0.05) is 18.8 Å². The van der Waals surface area contributed by atoms with Gasteiger partial charge in [0.1, 0.15) is 5.75 Å². The zero-order chi connectivity index (χ0) is 24.1. The minimum Gasteiger partial charge on any atom is -0.406 e. The van der Waals surface area contributed by atoms with Gasteiger partial charge in [0.2, 0.25) is 10.0 Å². The Morgan fingerprint density at radius 2 is 1.79 bits per heavy atom. The number of benzene rings is 2. The van der Waals surface area contributed by atoms with Gasteiger partial charge in [0.15, 0.2) is 0 Å². The largest absolute Gasteiger partial charge is 0.573 e. The summed E-state index contributed by atoms with van der Waals surface area (Å²) in [6.45, 7) is 0.197. The fraction of sp³-hybridized carbons (Fsp3) is 0.300. The SMILES string of the molecule is N#Cc1cccc(NC(=O)NOC2CCN(S(=O)(=O)c3ccc(OC(F)(F)F)cc3)CC2)c1. The van der Waals surface area contributed by atoms with Crippen molar-refractivity contribution in [3.8, 4) is 11.8 Å². The molecule has 176 valence electrons. The van der Waals surface area contributed by atoms with Crippen molar-refractivity contribution in [1.82, 2.24) is 9.79 Å². The first kappa shape index (κ1) is 24.3. The van der Waals surface area contributed by atoms with E-state index in [0.29, 0.717) is 24.1 Å². The summed E-state index contributed by atoms with van der Waals surface area (Å²) < 4.78 is 67.2. The van der Waals surface area contributed by atoms with Crippen LogP contribution in [0.25, 0.3) is 0 Å². The number of halogens is 3. The molecule has 1 heterocycles. The molecule has 0 atom stereocenters. The summed E-state index contributed by atoms with van der Waals surface area (Å²) in [7, 11) is -3.91. The number of anilines is 1. The number of hydrogen-bond donors (Lipinski definition) is 2. The molecule has 1 aliphatic heterocycles.